The smallest absolute Gasteiger partial charge is 0.135 e. The summed E-state index contributed by atoms with van der Waals surface area (Å²) in [6, 6.07) is 0.523. The van der Waals surface area contributed by atoms with Gasteiger partial charge in [0.05, 0.1) is 6.61 Å². The molecule has 0 bridgehead atoms. The Morgan fingerprint density at radius 3 is 2.93 bits per heavy atom. The van der Waals surface area contributed by atoms with Crippen LogP contribution in [0.3, 0.4) is 0 Å². The van der Waals surface area contributed by atoms with Crippen molar-refractivity contribution in [1.82, 2.24) is 9.97 Å². The third-order valence-corrected chi connectivity index (χ3v) is 2.65. The van der Waals surface area contributed by atoms with E-state index in [2.05, 4.69) is 15.3 Å². The lowest BCUT2D eigenvalue weighted by Crippen LogP contribution is -2.17. The number of nitrogens with one attached hydrogen (secondary N) is 1. The molecule has 14 heavy (non-hydrogen) atoms. The molecule has 2 rings (SSSR count). The monoisotopic (exact) mass is 193 g/mol. The molecule has 2 N–H and O–H groups in total. The summed E-state index contributed by atoms with van der Waals surface area (Å²) in [7, 11) is 0. The van der Waals surface area contributed by atoms with Gasteiger partial charge in [0.15, 0.2) is 0 Å². The lowest BCUT2D eigenvalue weighted by atomic mass is 10.2. The molecule has 1 fully saturated rings. The summed E-state index contributed by atoms with van der Waals surface area (Å²) in [5.41, 5.74) is 0.777. The molecule has 0 spiro atoms. The van der Waals surface area contributed by atoms with Gasteiger partial charge in [-0.3, -0.25) is 0 Å². The number of aromatic nitrogens is 2. The van der Waals surface area contributed by atoms with Crippen LogP contribution in [-0.4, -0.2) is 21.1 Å². The largest absolute Gasteiger partial charge is 0.391 e. The Balaban J connectivity index is 2.07. The molecule has 0 atom stereocenters. The van der Waals surface area contributed by atoms with E-state index in [9.17, 15) is 0 Å². The second kappa shape index (κ2) is 4.37. The van der Waals surface area contributed by atoms with E-state index in [0.29, 0.717) is 6.04 Å². The van der Waals surface area contributed by atoms with E-state index in [1.807, 2.05) is 0 Å². The van der Waals surface area contributed by atoms with Crippen LogP contribution in [0.4, 0.5) is 5.82 Å². The highest BCUT2D eigenvalue weighted by Gasteiger charge is 2.16. The first kappa shape index (κ1) is 9.40. The van der Waals surface area contributed by atoms with Gasteiger partial charge in [-0.2, -0.15) is 0 Å². The average molecular weight is 193 g/mol. The van der Waals surface area contributed by atoms with Crippen LogP contribution in [0.15, 0.2) is 12.5 Å². The predicted octanol–water partition coefficient (Wildman–Crippen LogP) is 1.32. The molecule has 0 amide bonds. The van der Waals surface area contributed by atoms with Crippen molar-refractivity contribution in [3.63, 3.8) is 0 Å². The molecule has 1 aromatic heterocycles. The van der Waals surface area contributed by atoms with E-state index in [4.69, 9.17) is 5.11 Å². The predicted molar refractivity (Wildman–Crippen MR) is 53.8 cm³/mol. The Morgan fingerprint density at radius 2 is 2.21 bits per heavy atom. The third kappa shape index (κ3) is 2.01. The Hall–Kier alpha value is -1.16. The van der Waals surface area contributed by atoms with E-state index < -0.39 is 0 Å². The van der Waals surface area contributed by atoms with Crippen LogP contribution in [0.25, 0.3) is 0 Å². The molecule has 1 aliphatic rings. The fraction of sp³-hybridized carbons (Fsp3) is 0.600. The topological polar surface area (TPSA) is 58.0 Å². The van der Waals surface area contributed by atoms with Crippen molar-refractivity contribution in [3.05, 3.63) is 18.1 Å². The maximum atomic E-state index is 9.07. The molecule has 0 radical (unpaired) electrons. The van der Waals surface area contributed by atoms with Crippen molar-refractivity contribution < 1.29 is 5.11 Å². The SMILES string of the molecule is OCc1cncnc1NC1CCCC1. The number of aliphatic hydroxyl groups is 1. The Labute approximate surface area is 83.4 Å². The van der Waals surface area contributed by atoms with Crippen LogP contribution < -0.4 is 5.32 Å². The van der Waals surface area contributed by atoms with Gasteiger partial charge in [-0.1, -0.05) is 12.8 Å². The van der Waals surface area contributed by atoms with Crippen molar-refractivity contribution in [2.75, 3.05) is 5.32 Å². The minimum absolute atomic E-state index is 0.00407. The van der Waals surface area contributed by atoms with Crippen LogP contribution in [-0.2, 0) is 6.61 Å². The minimum Gasteiger partial charge on any atom is -0.391 e. The zero-order chi connectivity index (χ0) is 9.80. The van der Waals surface area contributed by atoms with Gasteiger partial charge in [0.1, 0.15) is 12.1 Å². The van der Waals surface area contributed by atoms with Crippen LogP contribution in [0.5, 0.6) is 0 Å². The van der Waals surface area contributed by atoms with Gasteiger partial charge in [0.25, 0.3) is 0 Å². The maximum Gasteiger partial charge on any atom is 0.135 e. The van der Waals surface area contributed by atoms with E-state index in [-0.39, 0.29) is 6.61 Å². The van der Waals surface area contributed by atoms with Gasteiger partial charge < -0.3 is 10.4 Å². The van der Waals surface area contributed by atoms with Gasteiger partial charge in [-0.15, -0.1) is 0 Å². The molecule has 0 saturated heterocycles. The molecule has 0 aromatic carbocycles. The van der Waals surface area contributed by atoms with Gasteiger partial charge in [-0.25, -0.2) is 9.97 Å². The zero-order valence-electron chi connectivity index (χ0n) is 8.11. The summed E-state index contributed by atoms with van der Waals surface area (Å²) >= 11 is 0. The second-order valence-corrected chi connectivity index (χ2v) is 3.68. The Morgan fingerprint density at radius 1 is 1.43 bits per heavy atom. The highest BCUT2D eigenvalue weighted by molar-refractivity contribution is 5.42. The number of hydrogen-bond acceptors (Lipinski definition) is 4. The number of anilines is 1. The van der Waals surface area contributed by atoms with E-state index in [1.165, 1.54) is 32.0 Å². The molecule has 0 unspecified atom stereocenters. The molecule has 1 saturated carbocycles. The number of aliphatic hydroxyl groups excluding tert-OH is 1. The van der Waals surface area contributed by atoms with Crippen molar-refractivity contribution in [2.45, 2.75) is 38.3 Å². The van der Waals surface area contributed by atoms with Crippen LogP contribution in [0, 0.1) is 0 Å². The second-order valence-electron chi connectivity index (χ2n) is 3.68. The molecule has 76 valence electrons. The molecular weight excluding hydrogens is 178 g/mol. The first-order valence-electron chi connectivity index (χ1n) is 5.06. The van der Waals surface area contributed by atoms with Crippen molar-refractivity contribution in [3.8, 4) is 0 Å². The van der Waals surface area contributed by atoms with Gasteiger partial charge in [0.2, 0.25) is 0 Å². The summed E-state index contributed by atoms with van der Waals surface area (Å²) in [5, 5.41) is 12.4. The lowest BCUT2D eigenvalue weighted by Gasteiger charge is -2.14. The van der Waals surface area contributed by atoms with Crippen LogP contribution in [0.2, 0.25) is 0 Å². The van der Waals surface area contributed by atoms with E-state index in [1.54, 1.807) is 6.20 Å². The highest BCUT2D eigenvalue weighted by atomic mass is 16.3. The van der Waals surface area contributed by atoms with E-state index in [0.717, 1.165) is 11.4 Å². The summed E-state index contributed by atoms with van der Waals surface area (Å²) in [5.74, 6) is 0.786. The lowest BCUT2D eigenvalue weighted by molar-refractivity contribution is 0.281. The fourth-order valence-corrected chi connectivity index (χ4v) is 1.87. The highest BCUT2D eigenvalue weighted by Crippen LogP contribution is 2.22. The fourth-order valence-electron chi connectivity index (χ4n) is 1.87. The maximum absolute atomic E-state index is 9.07. The zero-order valence-corrected chi connectivity index (χ0v) is 8.11. The third-order valence-electron chi connectivity index (χ3n) is 2.65. The molecule has 0 aliphatic heterocycles. The standard InChI is InChI=1S/C10H15N3O/c14-6-8-5-11-7-12-10(8)13-9-3-1-2-4-9/h5,7,9,14H,1-4,6H2,(H,11,12,13). The van der Waals surface area contributed by atoms with Gasteiger partial charge >= 0.3 is 0 Å². The van der Waals surface area contributed by atoms with Gasteiger partial charge in [-0.05, 0) is 12.8 Å². The Kier molecular flexibility index (Phi) is 2.93. The quantitative estimate of drug-likeness (QED) is 0.760. The average Bonchev–Trinajstić information content (AvgIpc) is 2.71. The van der Waals surface area contributed by atoms with Crippen molar-refractivity contribution in [1.29, 1.82) is 0 Å². The molecule has 1 aliphatic carbocycles. The number of hydrogen-bond donors (Lipinski definition) is 2. The van der Waals surface area contributed by atoms with Crippen LogP contribution in [0.1, 0.15) is 31.2 Å². The molecule has 4 heteroatoms. The summed E-state index contributed by atoms with van der Waals surface area (Å²) in [4.78, 5) is 8.01. The van der Waals surface area contributed by atoms with Crippen LogP contribution >= 0.6 is 0 Å². The van der Waals surface area contributed by atoms with E-state index >= 15 is 0 Å². The minimum atomic E-state index is -0.00407. The summed E-state index contributed by atoms with van der Waals surface area (Å²) in [6.07, 6.45) is 8.15. The van der Waals surface area contributed by atoms with Crippen molar-refractivity contribution in [2.24, 2.45) is 0 Å². The van der Waals surface area contributed by atoms with Crippen molar-refractivity contribution >= 4 is 5.82 Å². The molecular formula is C10H15N3O. The molecule has 1 heterocycles. The normalized spacial score (nSPS) is 17.2. The molecule has 1 aromatic rings. The summed E-state index contributed by atoms with van der Waals surface area (Å²) < 4.78 is 0. The first-order valence-corrected chi connectivity index (χ1v) is 5.06. The number of nitrogens with zero attached hydrogens (tertiary/aromatic N) is 2. The first-order chi connectivity index (χ1) is 6.90. The molecule has 4 nitrogen and oxygen atoms in total. The summed E-state index contributed by atoms with van der Waals surface area (Å²) in [6.45, 7) is -0.00407. The van der Waals surface area contributed by atoms with Gasteiger partial charge in [0, 0.05) is 17.8 Å². The number of rotatable bonds is 3. The Bertz CT molecular complexity index is 297.